The molecule has 0 spiro atoms. The summed E-state index contributed by atoms with van der Waals surface area (Å²) in [5.41, 5.74) is 11.8. The van der Waals surface area contributed by atoms with Gasteiger partial charge in [0.1, 0.15) is 5.82 Å². The molecular weight excluding hydrogens is 191 g/mol. The predicted octanol–water partition coefficient (Wildman–Crippen LogP) is 2.01. The minimum atomic E-state index is -0.487. The van der Waals surface area contributed by atoms with Crippen molar-refractivity contribution in [3.8, 4) is 0 Å². The van der Waals surface area contributed by atoms with Crippen molar-refractivity contribution in [2.24, 2.45) is 5.73 Å². The Balaban J connectivity index is 2.56. The Morgan fingerprint density at radius 1 is 1.38 bits per heavy atom. The number of hydrogen-bond acceptors (Lipinski definition) is 2. The molecule has 13 heavy (non-hydrogen) atoms. The zero-order chi connectivity index (χ0) is 9.64. The second-order valence-corrected chi connectivity index (χ2v) is 3.94. The minimum absolute atomic E-state index is 0.129. The Morgan fingerprint density at radius 3 is 2.54 bits per heavy atom. The number of nitrogens with two attached hydrogens (primary N) is 2. The van der Waals surface area contributed by atoms with Crippen LogP contribution >= 0.6 is 11.6 Å². The fourth-order valence-corrected chi connectivity index (χ4v) is 1.61. The van der Waals surface area contributed by atoms with Crippen molar-refractivity contribution in [2.45, 2.75) is 18.4 Å². The molecule has 0 atom stereocenters. The molecule has 1 aliphatic carbocycles. The monoisotopic (exact) mass is 200 g/mol. The zero-order valence-corrected chi connectivity index (χ0v) is 7.74. The van der Waals surface area contributed by atoms with E-state index in [-0.39, 0.29) is 5.69 Å². The molecule has 70 valence electrons. The van der Waals surface area contributed by atoms with Crippen LogP contribution in [0.25, 0.3) is 0 Å². The van der Waals surface area contributed by atoms with Crippen LogP contribution in [0.1, 0.15) is 18.4 Å². The molecule has 0 bridgehead atoms. The maximum absolute atomic E-state index is 13.1. The number of benzene rings is 1. The summed E-state index contributed by atoms with van der Waals surface area (Å²) in [6.07, 6.45) is 1.69. The van der Waals surface area contributed by atoms with E-state index in [1.807, 2.05) is 0 Å². The van der Waals surface area contributed by atoms with E-state index >= 15 is 0 Å². The lowest BCUT2D eigenvalue weighted by atomic mass is 10.0. The van der Waals surface area contributed by atoms with E-state index in [9.17, 15) is 4.39 Å². The Labute approximate surface area is 80.7 Å². The second-order valence-electron chi connectivity index (χ2n) is 3.50. The summed E-state index contributed by atoms with van der Waals surface area (Å²) < 4.78 is 13.1. The number of anilines is 1. The highest BCUT2D eigenvalue weighted by molar-refractivity contribution is 6.30. The molecule has 4 heteroatoms. The van der Waals surface area contributed by atoms with Gasteiger partial charge in [-0.05, 0) is 30.5 Å². The average molecular weight is 201 g/mol. The lowest BCUT2D eigenvalue weighted by Crippen LogP contribution is -2.21. The van der Waals surface area contributed by atoms with Crippen molar-refractivity contribution in [3.05, 3.63) is 28.5 Å². The van der Waals surface area contributed by atoms with E-state index in [1.165, 1.54) is 6.07 Å². The van der Waals surface area contributed by atoms with E-state index < -0.39 is 11.4 Å². The molecule has 2 rings (SSSR count). The number of rotatable bonds is 1. The van der Waals surface area contributed by atoms with Crippen molar-refractivity contribution in [1.29, 1.82) is 0 Å². The Bertz CT molecular complexity index is 361. The van der Waals surface area contributed by atoms with Gasteiger partial charge in [-0.25, -0.2) is 4.39 Å². The molecular formula is C9H10ClFN2. The van der Waals surface area contributed by atoms with Crippen LogP contribution in [-0.2, 0) is 5.54 Å². The Kier molecular flexibility index (Phi) is 1.75. The third-order valence-electron chi connectivity index (χ3n) is 2.42. The minimum Gasteiger partial charge on any atom is -0.396 e. The summed E-state index contributed by atoms with van der Waals surface area (Å²) in [5.74, 6) is -0.487. The van der Waals surface area contributed by atoms with Gasteiger partial charge in [0.05, 0.1) is 5.69 Å². The van der Waals surface area contributed by atoms with E-state index in [0.717, 1.165) is 12.8 Å². The molecule has 1 aromatic carbocycles. The SMILES string of the molecule is Nc1c(F)cc(Cl)cc1C1(N)CC1. The van der Waals surface area contributed by atoms with Crippen LogP contribution < -0.4 is 11.5 Å². The summed E-state index contributed by atoms with van der Waals surface area (Å²) >= 11 is 5.70. The molecule has 4 N–H and O–H groups in total. The second kappa shape index (κ2) is 2.59. The fourth-order valence-electron chi connectivity index (χ4n) is 1.40. The van der Waals surface area contributed by atoms with Gasteiger partial charge >= 0.3 is 0 Å². The standard InChI is InChI=1S/C9H10ClFN2/c10-5-3-6(9(13)1-2-9)8(12)7(11)4-5/h3-4H,1-2,12-13H2. The molecule has 0 aromatic heterocycles. The molecule has 2 nitrogen and oxygen atoms in total. The van der Waals surface area contributed by atoms with Gasteiger partial charge in [-0.15, -0.1) is 0 Å². The largest absolute Gasteiger partial charge is 0.396 e. The van der Waals surface area contributed by atoms with Crippen molar-refractivity contribution in [1.82, 2.24) is 0 Å². The normalized spacial score (nSPS) is 18.7. The van der Waals surface area contributed by atoms with Gasteiger partial charge < -0.3 is 11.5 Å². The first kappa shape index (κ1) is 8.78. The van der Waals surface area contributed by atoms with Crippen LogP contribution in [0.5, 0.6) is 0 Å². The first-order chi connectivity index (χ1) is 6.03. The van der Waals surface area contributed by atoms with E-state index in [1.54, 1.807) is 6.07 Å². The predicted molar refractivity (Wildman–Crippen MR) is 50.9 cm³/mol. The fraction of sp³-hybridized carbons (Fsp3) is 0.333. The first-order valence-electron chi connectivity index (χ1n) is 4.07. The lowest BCUT2D eigenvalue weighted by Gasteiger charge is -2.13. The highest BCUT2D eigenvalue weighted by Gasteiger charge is 2.42. The van der Waals surface area contributed by atoms with Crippen LogP contribution in [0.15, 0.2) is 12.1 Å². The highest BCUT2D eigenvalue weighted by Crippen LogP contribution is 2.46. The summed E-state index contributed by atoms with van der Waals surface area (Å²) in [4.78, 5) is 0. The van der Waals surface area contributed by atoms with Crippen LogP contribution in [0, 0.1) is 5.82 Å². The summed E-state index contributed by atoms with van der Waals surface area (Å²) in [6, 6.07) is 2.85. The third kappa shape index (κ3) is 1.38. The van der Waals surface area contributed by atoms with Gasteiger partial charge in [-0.3, -0.25) is 0 Å². The molecule has 1 saturated carbocycles. The Hall–Kier alpha value is -0.800. The molecule has 0 aliphatic heterocycles. The number of nitrogen functional groups attached to an aromatic ring is 1. The van der Waals surface area contributed by atoms with Crippen LogP contribution in [0.2, 0.25) is 5.02 Å². The molecule has 0 heterocycles. The van der Waals surface area contributed by atoms with Gasteiger partial charge in [0.25, 0.3) is 0 Å². The van der Waals surface area contributed by atoms with E-state index in [0.29, 0.717) is 10.6 Å². The molecule has 1 aliphatic rings. The molecule has 0 radical (unpaired) electrons. The van der Waals surface area contributed by atoms with Crippen molar-refractivity contribution in [3.63, 3.8) is 0 Å². The number of halogens is 2. The maximum Gasteiger partial charge on any atom is 0.147 e. The molecule has 1 fully saturated rings. The smallest absolute Gasteiger partial charge is 0.147 e. The zero-order valence-electron chi connectivity index (χ0n) is 6.98. The summed E-state index contributed by atoms with van der Waals surface area (Å²) in [7, 11) is 0. The lowest BCUT2D eigenvalue weighted by molar-refractivity contribution is 0.624. The highest BCUT2D eigenvalue weighted by atomic mass is 35.5. The van der Waals surface area contributed by atoms with Gasteiger partial charge in [0, 0.05) is 10.6 Å². The topological polar surface area (TPSA) is 52.0 Å². The average Bonchev–Trinajstić information content (AvgIpc) is 2.77. The summed E-state index contributed by atoms with van der Waals surface area (Å²) in [5, 5.41) is 0.346. The van der Waals surface area contributed by atoms with Gasteiger partial charge in [-0.2, -0.15) is 0 Å². The van der Waals surface area contributed by atoms with E-state index in [2.05, 4.69) is 0 Å². The van der Waals surface area contributed by atoms with Gasteiger partial charge in [0.2, 0.25) is 0 Å². The van der Waals surface area contributed by atoms with Gasteiger partial charge in [-0.1, -0.05) is 11.6 Å². The molecule has 0 amide bonds. The van der Waals surface area contributed by atoms with Crippen LogP contribution in [0.4, 0.5) is 10.1 Å². The molecule has 0 unspecified atom stereocenters. The van der Waals surface area contributed by atoms with E-state index in [4.69, 9.17) is 23.1 Å². The van der Waals surface area contributed by atoms with Crippen molar-refractivity contribution >= 4 is 17.3 Å². The summed E-state index contributed by atoms with van der Waals surface area (Å²) in [6.45, 7) is 0. The van der Waals surface area contributed by atoms with Crippen LogP contribution in [-0.4, -0.2) is 0 Å². The third-order valence-corrected chi connectivity index (χ3v) is 2.64. The van der Waals surface area contributed by atoms with Gasteiger partial charge in [0.15, 0.2) is 0 Å². The quantitative estimate of drug-likeness (QED) is 0.682. The van der Waals surface area contributed by atoms with Crippen molar-refractivity contribution < 1.29 is 4.39 Å². The maximum atomic E-state index is 13.1. The Morgan fingerprint density at radius 2 is 2.00 bits per heavy atom. The molecule has 0 saturated heterocycles. The van der Waals surface area contributed by atoms with Crippen LogP contribution in [0.3, 0.4) is 0 Å². The first-order valence-corrected chi connectivity index (χ1v) is 4.45. The van der Waals surface area contributed by atoms with Crippen molar-refractivity contribution in [2.75, 3.05) is 5.73 Å². The molecule has 1 aromatic rings. The number of hydrogen-bond donors (Lipinski definition) is 2.